The summed E-state index contributed by atoms with van der Waals surface area (Å²) in [5.41, 5.74) is 8.32. The van der Waals surface area contributed by atoms with E-state index in [1.165, 1.54) is 6.33 Å². The van der Waals surface area contributed by atoms with Crippen LogP contribution < -0.4 is 11.1 Å². The average Bonchev–Trinajstić information content (AvgIpc) is 2.67. The Morgan fingerprint density at radius 2 is 1.68 bits per heavy atom. The van der Waals surface area contributed by atoms with Crippen LogP contribution in [0.1, 0.15) is 17.3 Å². The Labute approximate surface area is 144 Å². The van der Waals surface area contributed by atoms with E-state index in [2.05, 4.69) is 37.4 Å². The van der Waals surface area contributed by atoms with E-state index in [0.717, 1.165) is 16.6 Å². The van der Waals surface area contributed by atoms with Crippen molar-refractivity contribution in [2.45, 2.75) is 6.04 Å². The van der Waals surface area contributed by atoms with Crippen LogP contribution in [0.3, 0.4) is 0 Å². The lowest BCUT2D eigenvalue weighted by atomic mass is 10.0. The van der Waals surface area contributed by atoms with Crippen LogP contribution in [0.4, 0.5) is 11.6 Å². The fourth-order valence-electron chi connectivity index (χ4n) is 2.73. The fourth-order valence-corrected chi connectivity index (χ4v) is 2.73. The van der Waals surface area contributed by atoms with Crippen molar-refractivity contribution >= 4 is 22.7 Å². The Bertz CT molecular complexity index is 949. The minimum atomic E-state index is -0.141. The molecule has 0 saturated carbocycles. The normalized spacial score (nSPS) is 12.0. The summed E-state index contributed by atoms with van der Waals surface area (Å²) in [4.78, 5) is 17.4. The molecule has 0 bridgehead atoms. The van der Waals surface area contributed by atoms with Gasteiger partial charge in [-0.05, 0) is 29.8 Å². The second-order valence-electron chi connectivity index (χ2n) is 5.57. The molecule has 1 aromatic carbocycles. The number of fused-ring (bicyclic) bond motifs is 1. The van der Waals surface area contributed by atoms with Gasteiger partial charge in [0.25, 0.3) is 0 Å². The van der Waals surface area contributed by atoms with Crippen molar-refractivity contribution in [1.82, 2.24) is 19.9 Å². The molecule has 3 N–H and O–H groups in total. The third kappa shape index (κ3) is 3.10. The van der Waals surface area contributed by atoms with Crippen LogP contribution in [0.25, 0.3) is 11.0 Å². The summed E-state index contributed by atoms with van der Waals surface area (Å²) < 4.78 is 0. The third-order valence-electron chi connectivity index (χ3n) is 3.92. The molecular formula is C19H16N6. The van der Waals surface area contributed by atoms with Gasteiger partial charge in [0.15, 0.2) is 5.65 Å². The number of anilines is 2. The fraction of sp³-hybridized carbons (Fsp3) is 0.0526. The maximum absolute atomic E-state index is 5.76. The Kier molecular flexibility index (Phi) is 3.92. The molecule has 0 aliphatic carbocycles. The lowest BCUT2D eigenvalue weighted by Gasteiger charge is -2.20. The van der Waals surface area contributed by atoms with Crippen LogP contribution in [0.5, 0.6) is 0 Å². The van der Waals surface area contributed by atoms with Gasteiger partial charge in [-0.2, -0.15) is 0 Å². The maximum Gasteiger partial charge on any atom is 0.166 e. The molecule has 4 rings (SSSR count). The molecule has 4 aromatic rings. The van der Waals surface area contributed by atoms with E-state index in [1.807, 2.05) is 42.5 Å². The number of hydrogen-bond acceptors (Lipinski definition) is 6. The second kappa shape index (κ2) is 6.52. The van der Waals surface area contributed by atoms with Crippen LogP contribution in [-0.2, 0) is 0 Å². The minimum Gasteiger partial charge on any atom is -0.384 e. The zero-order valence-electron chi connectivity index (χ0n) is 13.4. The monoisotopic (exact) mass is 328 g/mol. The quantitative estimate of drug-likeness (QED) is 0.598. The van der Waals surface area contributed by atoms with Crippen molar-refractivity contribution in [1.29, 1.82) is 0 Å². The number of rotatable bonds is 4. The van der Waals surface area contributed by atoms with Gasteiger partial charge in [0.1, 0.15) is 18.0 Å². The summed E-state index contributed by atoms with van der Waals surface area (Å²) in [5.74, 6) is 1.12. The Morgan fingerprint density at radius 3 is 2.48 bits per heavy atom. The first-order chi connectivity index (χ1) is 12.3. The summed E-state index contributed by atoms with van der Waals surface area (Å²) >= 11 is 0. The van der Waals surface area contributed by atoms with E-state index in [4.69, 9.17) is 5.73 Å². The highest BCUT2D eigenvalue weighted by Gasteiger charge is 2.17. The smallest absolute Gasteiger partial charge is 0.166 e. The number of nitrogens with two attached hydrogens (primary N) is 1. The molecule has 122 valence electrons. The summed E-state index contributed by atoms with van der Waals surface area (Å²) in [6.07, 6.45) is 3.27. The van der Waals surface area contributed by atoms with Crippen molar-refractivity contribution in [2.75, 3.05) is 11.1 Å². The first-order valence-corrected chi connectivity index (χ1v) is 7.91. The largest absolute Gasteiger partial charge is 0.384 e. The van der Waals surface area contributed by atoms with E-state index in [9.17, 15) is 0 Å². The number of pyridine rings is 2. The van der Waals surface area contributed by atoms with E-state index >= 15 is 0 Å². The summed E-state index contributed by atoms with van der Waals surface area (Å²) in [7, 11) is 0. The standard InChI is InChI=1S/C19H16N6/c20-16-10-9-14-18(24-16)22-12-23-19(14)25-17(13-6-2-1-3-7-13)15-8-4-5-11-21-15/h1-12,17H,(H3,20,22,23,24,25)/t17-/m1/s1. The van der Waals surface area contributed by atoms with Crippen molar-refractivity contribution in [3.8, 4) is 0 Å². The van der Waals surface area contributed by atoms with Crippen molar-refractivity contribution < 1.29 is 0 Å². The van der Waals surface area contributed by atoms with Crippen LogP contribution >= 0.6 is 0 Å². The van der Waals surface area contributed by atoms with Gasteiger partial charge in [-0.1, -0.05) is 36.4 Å². The van der Waals surface area contributed by atoms with Crippen LogP contribution in [0, 0.1) is 0 Å². The molecule has 6 nitrogen and oxygen atoms in total. The molecule has 0 spiro atoms. The van der Waals surface area contributed by atoms with E-state index in [0.29, 0.717) is 17.3 Å². The highest BCUT2D eigenvalue weighted by atomic mass is 15.1. The third-order valence-corrected chi connectivity index (χ3v) is 3.92. The molecule has 0 aliphatic heterocycles. The summed E-state index contributed by atoms with van der Waals surface area (Å²) in [5, 5.41) is 4.29. The molecule has 25 heavy (non-hydrogen) atoms. The minimum absolute atomic E-state index is 0.141. The predicted molar refractivity (Wildman–Crippen MR) is 97.9 cm³/mol. The van der Waals surface area contributed by atoms with Gasteiger partial charge in [-0.15, -0.1) is 0 Å². The van der Waals surface area contributed by atoms with E-state index in [-0.39, 0.29) is 6.04 Å². The predicted octanol–water partition coefficient (Wildman–Crippen LogP) is 3.20. The number of hydrogen-bond donors (Lipinski definition) is 2. The topological polar surface area (TPSA) is 89.6 Å². The molecule has 3 heterocycles. The number of nitrogens with zero attached hydrogens (tertiary/aromatic N) is 4. The average molecular weight is 328 g/mol. The van der Waals surface area contributed by atoms with Gasteiger partial charge >= 0.3 is 0 Å². The number of nitrogen functional groups attached to an aromatic ring is 1. The van der Waals surface area contributed by atoms with Crippen molar-refractivity contribution in [2.24, 2.45) is 0 Å². The molecule has 0 fully saturated rings. The highest BCUT2D eigenvalue weighted by molar-refractivity contribution is 5.87. The van der Waals surface area contributed by atoms with Crippen molar-refractivity contribution in [3.05, 3.63) is 84.4 Å². The second-order valence-corrected chi connectivity index (χ2v) is 5.57. The van der Waals surface area contributed by atoms with Gasteiger partial charge in [-0.3, -0.25) is 4.98 Å². The Hall–Kier alpha value is -3.54. The van der Waals surface area contributed by atoms with Gasteiger partial charge < -0.3 is 11.1 Å². The van der Waals surface area contributed by atoms with Crippen LogP contribution in [0.15, 0.2) is 73.2 Å². The molecule has 6 heteroatoms. The lowest BCUT2D eigenvalue weighted by Crippen LogP contribution is -2.15. The van der Waals surface area contributed by atoms with Crippen LogP contribution in [0.2, 0.25) is 0 Å². The molecule has 0 unspecified atom stereocenters. The SMILES string of the molecule is Nc1ccc2c(N[C@H](c3ccccc3)c3ccccn3)ncnc2n1. The molecule has 1 atom stereocenters. The van der Waals surface area contributed by atoms with Gasteiger partial charge in [0, 0.05) is 6.20 Å². The van der Waals surface area contributed by atoms with Gasteiger partial charge in [0.05, 0.1) is 17.1 Å². The van der Waals surface area contributed by atoms with Gasteiger partial charge in [0.2, 0.25) is 0 Å². The first kappa shape index (κ1) is 15.0. The zero-order valence-corrected chi connectivity index (χ0v) is 13.4. The Morgan fingerprint density at radius 1 is 0.840 bits per heavy atom. The van der Waals surface area contributed by atoms with Crippen LogP contribution in [-0.4, -0.2) is 19.9 Å². The zero-order chi connectivity index (χ0) is 17.1. The maximum atomic E-state index is 5.76. The number of nitrogens with one attached hydrogen (secondary N) is 1. The Balaban J connectivity index is 1.80. The number of benzene rings is 1. The van der Waals surface area contributed by atoms with Crippen molar-refractivity contribution in [3.63, 3.8) is 0 Å². The molecule has 0 saturated heterocycles. The highest BCUT2D eigenvalue weighted by Crippen LogP contribution is 2.27. The molecule has 0 amide bonds. The summed E-state index contributed by atoms with van der Waals surface area (Å²) in [6, 6.07) is 19.5. The molecule has 0 aliphatic rings. The first-order valence-electron chi connectivity index (χ1n) is 7.91. The molecular weight excluding hydrogens is 312 g/mol. The molecule has 0 radical (unpaired) electrons. The van der Waals surface area contributed by atoms with E-state index < -0.39 is 0 Å². The number of aromatic nitrogens is 4. The molecule has 3 aromatic heterocycles. The van der Waals surface area contributed by atoms with Gasteiger partial charge in [-0.25, -0.2) is 15.0 Å². The summed E-state index contributed by atoms with van der Waals surface area (Å²) in [6.45, 7) is 0. The van der Waals surface area contributed by atoms with E-state index in [1.54, 1.807) is 12.3 Å². The lowest BCUT2D eigenvalue weighted by molar-refractivity contribution is 0.879.